The van der Waals surface area contributed by atoms with Crippen molar-refractivity contribution in [3.05, 3.63) is 23.8 Å². The summed E-state index contributed by atoms with van der Waals surface area (Å²) in [5.41, 5.74) is 7.12. The van der Waals surface area contributed by atoms with E-state index in [0.29, 0.717) is 11.7 Å². The SMILES string of the molecule is CCC(C)N(C)c1cccc(C(=O)O)c1N. The van der Waals surface area contributed by atoms with Crippen molar-refractivity contribution in [2.75, 3.05) is 17.7 Å². The zero-order valence-electron chi connectivity index (χ0n) is 9.90. The first kappa shape index (κ1) is 12.4. The highest BCUT2D eigenvalue weighted by Crippen LogP contribution is 2.27. The number of anilines is 2. The number of carbonyl (C=O) groups is 1. The minimum atomic E-state index is -0.989. The molecule has 0 aliphatic carbocycles. The summed E-state index contributed by atoms with van der Waals surface area (Å²) in [7, 11) is 1.92. The molecule has 0 aromatic heterocycles. The fourth-order valence-electron chi connectivity index (χ4n) is 1.56. The molecule has 0 aliphatic rings. The van der Waals surface area contributed by atoms with Gasteiger partial charge in [-0.1, -0.05) is 13.0 Å². The predicted molar refractivity (Wildman–Crippen MR) is 66.0 cm³/mol. The number of carboxylic acids is 1. The van der Waals surface area contributed by atoms with Gasteiger partial charge in [0.2, 0.25) is 0 Å². The largest absolute Gasteiger partial charge is 0.478 e. The van der Waals surface area contributed by atoms with E-state index in [0.717, 1.165) is 12.1 Å². The first-order chi connectivity index (χ1) is 7.49. The molecule has 3 N–H and O–H groups in total. The number of aromatic carboxylic acids is 1. The van der Waals surface area contributed by atoms with Gasteiger partial charge in [0.05, 0.1) is 16.9 Å². The number of nitrogens with two attached hydrogens (primary N) is 1. The number of rotatable bonds is 4. The van der Waals surface area contributed by atoms with Crippen molar-refractivity contribution in [2.24, 2.45) is 0 Å². The quantitative estimate of drug-likeness (QED) is 0.766. The van der Waals surface area contributed by atoms with Crippen LogP contribution in [0.4, 0.5) is 11.4 Å². The molecule has 0 spiro atoms. The summed E-state index contributed by atoms with van der Waals surface area (Å²) in [5, 5.41) is 8.97. The number of para-hydroxylation sites is 1. The number of benzene rings is 1. The van der Waals surface area contributed by atoms with Crippen LogP contribution in [0.15, 0.2) is 18.2 Å². The smallest absolute Gasteiger partial charge is 0.337 e. The fourth-order valence-corrected chi connectivity index (χ4v) is 1.56. The molecule has 0 bridgehead atoms. The zero-order chi connectivity index (χ0) is 12.3. The molecule has 1 unspecified atom stereocenters. The number of carboxylic acid groups (broad SMARTS) is 1. The van der Waals surface area contributed by atoms with Gasteiger partial charge in [-0.3, -0.25) is 0 Å². The van der Waals surface area contributed by atoms with Crippen molar-refractivity contribution >= 4 is 17.3 Å². The maximum Gasteiger partial charge on any atom is 0.337 e. The van der Waals surface area contributed by atoms with Crippen molar-refractivity contribution < 1.29 is 9.90 Å². The molecule has 16 heavy (non-hydrogen) atoms. The van der Waals surface area contributed by atoms with Crippen LogP contribution in [0, 0.1) is 0 Å². The van der Waals surface area contributed by atoms with Crippen LogP contribution in [-0.4, -0.2) is 24.2 Å². The summed E-state index contributed by atoms with van der Waals surface area (Å²) in [6.45, 7) is 4.16. The lowest BCUT2D eigenvalue weighted by Crippen LogP contribution is -2.29. The van der Waals surface area contributed by atoms with Crippen LogP contribution in [0.5, 0.6) is 0 Å². The average Bonchev–Trinajstić information content (AvgIpc) is 2.27. The maximum atomic E-state index is 10.9. The van der Waals surface area contributed by atoms with E-state index in [1.165, 1.54) is 6.07 Å². The molecule has 0 saturated carbocycles. The number of nitrogen functional groups attached to an aromatic ring is 1. The molecular weight excluding hydrogens is 204 g/mol. The third-order valence-electron chi connectivity index (χ3n) is 2.95. The number of hydrogen-bond donors (Lipinski definition) is 2. The second-order valence-corrected chi connectivity index (χ2v) is 3.91. The summed E-state index contributed by atoms with van der Waals surface area (Å²) in [5.74, 6) is -0.989. The molecule has 88 valence electrons. The van der Waals surface area contributed by atoms with Crippen LogP contribution < -0.4 is 10.6 Å². The minimum Gasteiger partial charge on any atom is -0.478 e. The highest BCUT2D eigenvalue weighted by atomic mass is 16.4. The Bertz CT molecular complexity index is 391. The van der Waals surface area contributed by atoms with E-state index >= 15 is 0 Å². The monoisotopic (exact) mass is 222 g/mol. The third-order valence-corrected chi connectivity index (χ3v) is 2.95. The summed E-state index contributed by atoms with van der Waals surface area (Å²) in [6.07, 6.45) is 0.979. The molecule has 0 amide bonds. The number of hydrogen-bond acceptors (Lipinski definition) is 3. The summed E-state index contributed by atoms with van der Waals surface area (Å²) in [6, 6.07) is 5.40. The predicted octanol–water partition coefficient (Wildman–Crippen LogP) is 2.20. The summed E-state index contributed by atoms with van der Waals surface area (Å²) in [4.78, 5) is 12.9. The third kappa shape index (κ3) is 2.27. The second kappa shape index (κ2) is 4.88. The van der Waals surface area contributed by atoms with Gasteiger partial charge in [-0.2, -0.15) is 0 Å². The molecule has 1 rings (SSSR count). The molecule has 0 saturated heterocycles. The Morgan fingerprint density at radius 3 is 2.69 bits per heavy atom. The van der Waals surface area contributed by atoms with Crippen LogP contribution in [0.3, 0.4) is 0 Å². The van der Waals surface area contributed by atoms with Crippen molar-refractivity contribution in [3.63, 3.8) is 0 Å². The first-order valence-electron chi connectivity index (χ1n) is 5.33. The van der Waals surface area contributed by atoms with Crippen molar-refractivity contribution in [1.29, 1.82) is 0 Å². The van der Waals surface area contributed by atoms with Gasteiger partial charge in [0, 0.05) is 13.1 Å². The van der Waals surface area contributed by atoms with Gasteiger partial charge in [0.25, 0.3) is 0 Å². The van der Waals surface area contributed by atoms with Crippen LogP contribution in [0.2, 0.25) is 0 Å². The van der Waals surface area contributed by atoms with Crippen LogP contribution in [-0.2, 0) is 0 Å². The van der Waals surface area contributed by atoms with Gasteiger partial charge in [0.1, 0.15) is 0 Å². The molecule has 1 aromatic rings. The Morgan fingerprint density at radius 2 is 2.19 bits per heavy atom. The molecule has 4 nitrogen and oxygen atoms in total. The van der Waals surface area contributed by atoms with Crippen LogP contribution >= 0.6 is 0 Å². The van der Waals surface area contributed by atoms with Crippen molar-refractivity contribution in [1.82, 2.24) is 0 Å². The van der Waals surface area contributed by atoms with Crippen LogP contribution in [0.1, 0.15) is 30.6 Å². The summed E-state index contributed by atoms with van der Waals surface area (Å²) < 4.78 is 0. The average molecular weight is 222 g/mol. The summed E-state index contributed by atoms with van der Waals surface area (Å²) >= 11 is 0. The Balaban J connectivity index is 3.15. The molecule has 1 aromatic carbocycles. The topological polar surface area (TPSA) is 66.6 Å². The van der Waals surface area contributed by atoms with E-state index in [9.17, 15) is 4.79 Å². The highest BCUT2D eigenvalue weighted by Gasteiger charge is 2.15. The highest BCUT2D eigenvalue weighted by molar-refractivity contribution is 5.97. The lowest BCUT2D eigenvalue weighted by Gasteiger charge is -2.27. The van der Waals surface area contributed by atoms with Crippen LogP contribution in [0.25, 0.3) is 0 Å². The Morgan fingerprint density at radius 1 is 1.56 bits per heavy atom. The lowest BCUT2D eigenvalue weighted by atomic mass is 10.1. The minimum absolute atomic E-state index is 0.160. The van der Waals surface area contributed by atoms with E-state index < -0.39 is 5.97 Å². The Hall–Kier alpha value is -1.71. The first-order valence-corrected chi connectivity index (χ1v) is 5.33. The van der Waals surface area contributed by atoms with E-state index in [2.05, 4.69) is 13.8 Å². The normalized spacial score (nSPS) is 12.2. The van der Waals surface area contributed by atoms with Gasteiger partial charge in [0.15, 0.2) is 0 Å². The molecule has 4 heteroatoms. The second-order valence-electron chi connectivity index (χ2n) is 3.91. The Kier molecular flexibility index (Phi) is 3.77. The molecule has 0 heterocycles. The molecule has 1 atom stereocenters. The fraction of sp³-hybridized carbons (Fsp3) is 0.417. The lowest BCUT2D eigenvalue weighted by molar-refractivity contribution is 0.0698. The van der Waals surface area contributed by atoms with Gasteiger partial charge in [-0.05, 0) is 25.5 Å². The van der Waals surface area contributed by atoms with Crippen molar-refractivity contribution in [3.8, 4) is 0 Å². The molecule has 0 fully saturated rings. The van der Waals surface area contributed by atoms with Gasteiger partial charge < -0.3 is 15.7 Å². The van der Waals surface area contributed by atoms with Gasteiger partial charge >= 0.3 is 5.97 Å². The van der Waals surface area contributed by atoms with E-state index in [4.69, 9.17) is 10.8 Å². The van der Waals surface area contributed by atoms with Gasteiger partial charge in [-0.25, -0.2) is 4.79 Å². The van der Waals surface area contributed by atoms with Crippen molar-refractivity contribution in [2.45, 2.75) is 26.3 Å². The van der Waals surface area contributed by atoms with E-state index in [1.54, 1.807) is 6.07 Å². The van der Waals surface area contributed by atoms with E-state index in [-0.39, 0.29) is 5.56 Å². The van der Waals surface area contributed by atoms with Gasteiger partial charge in [-0.15, -0.1) is 0 Å². The number of nitrogens with zero attached hydrogens (tertiary/aromatic N) is 1. The molecular formula is C12H18N2O2. The molecule has 0 aliphatic heterocycles. The Labute approximate surface area is 95.7 Å². The maximum absolute atomic E-state index is 10.9. The van der Waals surface area contributed by atoms with E-state index in [1.807, 2.05) is 18.0 Å². The standard InChI is InChI=1S/C12H18N2O2/c1-4-8(2)14(3)10-7-5-6-9(11(10)13)12(15)16/h5-8H,4,13H2,1-3H3,(H,15,16). The zero-order valence-corrected chi connectivity index (χ0v) is 9.90. The molecule has 0 radical (unpaired) electrons.